The number of hydrogen-bond acceptors (Lipinski definition) is 0. The number of aryl methyl sites for hydroxylation is 2. The van der Waals surface area contributed by atoms with Crippen LogP contribution in [0.25, 0.3) is 60.8 Å². The van der Waals surface area contributed by atoms with E-state index in [0.717, 1.165) is 0 Å². The molecule has 176 valence electrons. The van der Waals surface area contributed by atoms with Crippen LogP contribution < -0.4 is 4.57 Å². The zero-order valence-corrected chi connectivity index (χ0v) is 21.0. The van der Waals surface area contributed by atoms with Gasteiger partial charge >= 0.3 is 0 Å². The summed E-state index contributed by atoms with van der Waals surface area (Å²) >= 11 is 0. The van der Waals surface area contributed by atoms with E-state index in [9.17, 15) is 0 Å². The van der Waals surface area contributed by atoms with Gasteiger partial charge in [-0.15, -0.1) is 0 Å². The number of fused-ring (bicyclic) bond motifs is 6. The molecule has 0 aliphatic heterocycles. The van der Waals surface area contributed by atoms with Crippen molar-refractivity contribution in [2.45, 2.75) is 6.92 Å². The van der Waals surface area contributed by atoms with Crippen molar-refractivity contribution in [1.82, 2.24) is 4.40 Å². The second-order valence-electron chi connectivity index (χ2n) is 9.76. The second kappa shape index (κ2) is 8.46. The Balaban J connectivity index is 1.71. The van der Waals surface area contributed by atoms with Crippen LogP contribution in [0.5, 0.6) is 0 Å². The van der Waals surface area contributed by atoms with Crippen LogP contribution in [-0.2, 0) is 7.05 Å². The van der Waals surface area contributed by atoms with Gasteiger partial charge in [0, 0.05) is 16.3 Å². The van der Waals surface area contributed by atoms with Crippen LogP contribution in [0.4, 0.5) is 0 Å². The summed E-state index contributed by atoms with van der Waals surface area (Å²) in [4.78, 5) is 0. The Morgan fingerprint density at radius 3 is 1.81 bits per heavy atom. The SMILES string of the molecule is Cc1cccc2c3ccccc3n3c(-c4c(-c5ccccc5)cccc4-c4ccccc4)c[n+](C)c3c12. The maximum absolute atomic E-state index is 2.47. The molecule has 0 spiro atoms. The molecule has 2 heterocycles. The number of para-hydroxylation sites is 1. The van der Waals surface area contributed by atoms with E-state index < -0.39 is 0 Å². The van der Waals surface area contributed by atoms with Crippen molar-refractivity contribution in [3.8, 4) is 33.5 Å². The summed E-state index contributed by atoms with van der Waals surface area (Å²) in [5.41, 5.74) is 11.0. The molecule has 0 fully saturated rings. The lowest BCUT2D eigenvalue weighted by Crippen LogP contribution is -2.26. The predicted octanol–water partition coefficient (Wildman–Crippen LogP) is 8.38. The normalized spacial score (nSPS) is 11.5. The Bertz CT molecular complexity index is 1870. The molecule has 2 aromatic heterocycles. The van der Waals surface area contributed by atoms with Crippen LogP contribution in [-0.4, -0.2) is 4.40 Å². The van der Waals surface area contributed by atoms with Gasteiger partial charge in [-0.2, -0.15) is 4.40 Å². The fourth-order valence-corrected chi connectivity index (χ4v) is 5.91. The molecule has 0 amide bonds. The monoisotopic (exact) mass is 475 g/mol. The average Bonchev–Trinajstić information content (AvgIpc) is 3.30. The van der Waals surface area contributed by atoms with E-state index in [-0.39, 0.29) is 0 Å². The summed E-state index contributed by atoms with van der Waals surface area (Å²) in [6, 6.07) is 43.6. The third-order valence-electron chi connectivity index (χ3n) is 7.52. The predicted molar refractivity (Wildman–Crippen MR) is 155 cm³/mol. The quantitative estimate of drug-likeness (QED) is 0.179. The van der Waals surface area contributed by atoms with Gasteiger partial charge in [0.1, 0.15) is 11.7 Å². The largest absolute Gasteiger partial charge is 0.295 e. The number of rotatable bonds is 3. The molecule has 0 unspecified atom stereocenters. The van der Waals surface area contributed by atoms with Crippen molar-refractivity contribution < 1.29 is 4.57 Å². The van der Waals surface area contributed by atoms with Gasteiger partial charge in [-0.3, -0.25) is 0 Å². The van der Waals surface area contributed by atoms with Gasteiger partial charge in [-0.05, 0) is 40.8 Å². The van der Waals surface area contributed by atoms with Crippen LogP contribution in [0.15, 0.2) is 128 Å². The van der Waals surface area contributed by atoms with Crippen molar-refractivity contribution in [3.63, 3.8) is 0 Å². The molecule has 7 aromatic rings. The molecule has 0 aliphatic rings. The molecule has 0 aliphatic carbocycles. The van der Waals surface area contributed by atoms with Crippen LogP contribution in [0.2, 0.25) is 0 Å². The summed E-state index contributed by atoms with van der Waals surface area (Å²) in [5.74, 6) is 0. The van der Waals surface area contributed by atoms with E-state index in [4.69, 9.17) is 0 Å². The molecule has 0 bridgehead atoms. The Hall–Kier alpha value is -4.69. The smallest absolute Gasteiger partial charge is 0.232 e. The summed E-state index contributed by atoms with van der Waals surface area (Å²) in [6.45, 7) is 2.22. The highest BCUT2D eigenvalue weighted by Crippen LogP contribution is 2.42. The van der Waals surface area contributed by atoms with Crippen molar-refractivity contribution >= 4 is 27.3 Å². The number of hydrogen-bond donors (Lipinski definition) is 0. The summed E-state index contributed by atoms with van der Waals surface area (Å²) < 4.78 is 4.77. The zero-order valence-electron chi connectivity index (χ0n) is 21.0. The van der Waals surface area contributed by atoms with Gasteiger partial charge in [0.2, 0.25) is 0 Å². The number of aromatic nitrogens is 2. The molecule has 2 nitrogen and oxygen atoms in total. The highest BCUT2D eigenvalue weighted by atomic mass is 15.1. The molecule has 37 heavy (non-hydrogen) atoms. The first-order chi connectivity index (χ1) is 18.2. The minimum atomic E-state index is 1.19. The molecule has 2 heteroatoms. The molecule has 5 aromatic carbocycles. The van der Waals surface area contributed by atoms with Crippen LogP contribution in [0, 0.1) is 6.92 Å². The number of pyridine rings is 1. The first-order valence-corrected chi connectivity index (χ1v) is 12.8. The maximum atomic E-state index is 2.47. The highest BCUT2D eigenvalue weighted by molar-refractivity contribution is 6.13. The Labute approximate surface area is 216 Å². The van der Waals surface area contributed by atoms with E-state index >= 15 is 0 Å². The van der Waals surface area contributed by atoms with Crippen molar-refractivity contribution in [2.24, 2.45) is 7.05 Å². The van der Waals surface area contributed by atoms with E-state index in [1.807, 2.05) is 0 Å². The Morgan fingerprint density at radius 1 is 0.568 bits per heavy atom. The average molecular weight is 476 g/mol. The van der Waals surface area contributed by atoms with Crippen LogP contribution in [0.1, 0.15) is 5.56 Å². The second-order valence-corrected chi connectivity index (χ2v) is 9.76. The molecular formula is C35H27N2+. The van der Waals surface area contributed by atoms with E-state index in [0.29, 0.717) is 0 Å². The fraction of sp³-hybridized carbons (Fsp3) is 0.0571. The van der Waals surface area contributed by atoms with Gasteiger partial charge in [0.15, 0.2) is 5.69 Å². The van der Waals surface area contributed by atoms with E-state index in [1.54, 1.807) is 0 Å². The number of benzene rings is 5. The lowest BCUT2D eigenvalue weighted by atomic mass is 9.90. The molecule has 0 saturated heterocycles. The van der Waals surface area contributed by atoms with Crippen molar-refractivity contribution in [3.05, 3.63) is 133 Å². The molecule has 0 radical (unpaired) electrons. The first kappa shape index (κ1) is 21.6. The Kier molecular flexibility index (Phi) is 4.93. The number of imidazole rings is 1. The van der Waals surface area contributed by atoms with E-state index in [1.165, 1.54) is 66.4 Å². The lowest BCUT2D eigenvalue weighted by molar-refractivity contribution is -0.643. The van der Waals surface area contributed by atoms with Crippen molar-refractivity contribution in [1.29, 1.82) is 0 Å². The van der Waals surface area contributed by atoms with Gasteiger partial charge in [0.25, 0.3) is 5.65 Å². The van der Waals surface area contributed by atoms with Crippen LogP contribution in [0.3, 0.4) is 0 Å². The first-order valence-electron chi connectivity index (χ1n) is 12.8. The van der Waals surface area contributed by atoms with Gasteiger partial charge in [-0.25, -0.2) is 4.57 Å². The third kappa shape index (κ3) is 3.30. The fourth-order valence-electron chi connectivity index (χ4n) is 5.91. The highest BCUT2D eigenvalue weighted by Gasteiger charge is 2.27. The minimum Gasteiger partial charge on any atom is -0.232 e. The van der Waals surface area contributed by atoms with Gasteiger partial charge in [0.05, 0.1) is 12.4 Å². The number of nitrogens with zero attached hydrogens (tertiary/aromatic N) is 2. The molecule has 0 saturated carbocycles. The lowest BCUT2D eigenvalue weighted by Gasteiger charge is -2.14. The standard InChI is InChI=1S/C35H27N2/c1-24-13-11-21-30-29-18-9-10-22-31(29)37-32(23-36(2)35(37)33(24)30)34-27(25-14-5-3-6-15-25)19-12-20-28(34)26-16-7-4-8-17-26/h3-23H,1-2H3/q+1. The van der Waals surface area contributed by atoms with Crippen LogP contribution >= 0.6 is 0 Å². The zero-order chi connectivity index (χ0) is 24.9. The third-order valence-corrected chi connectivity index (χ3v) is 7.52. The van der Waals surface area contributed by atoms with Gasteiger partial charge < -0.3 is 0 Å². The molecule has 7 rings (SSSR count). The van der Waals surface area contributed by atoms with E-state index in [2.05, 4.69) is 150 Å². The topological polar surface area (TPSA) is 8.29 Å². The maximum Gasteiger partial charge on any atom is 0.295 e. The minimum absolute atomic E-state index is 1.19. The molecule has 0 atom stereocenters. The Morgan fingerprint density at radius 2 is 1.14 bits per heavy atom. The van der Waals surface area contributed by atoms with Crippen molar-refractivity contribution in [2.75, 3.05) is 0 Å². The molecule has 0 N–H and O–H groups in total. The summed E-state index contributed by atoms with van der Waals surface area (Å²) in [7, 11) is 2.17. The summed E-state index contributed by atoms with van der Waals surface area (Å²) in [6.07, 6.45) is 2.31. The summed E-state index contributed by atoms with van der Waals surface area (Å²) in [5, 5.41) is 3.86. The van der Waals surface area contributed by atoms with Gasteiger partial charge in [-0.1, -0.05) is 115 Å². The molecular weight excluding hydrogens is 448 g/mol.